The zero-order valence-electron chi connectivity index (χ0n) is 13.8. The summed E-state index contributed by atoms with van der Waals surface area (Å²) in [6.07, 6.45) is 1.80. The highest BCUT2D eigenvalue weighted by molar-refractivity contribution is 6.31. The van der Waals surface area contributed by atoms with E-state index in [9.17, 15) is 9.59 Å². The first-order valence-corrected chi connectivity index (χ1v) is 8.43. The molecule has 0 saturated heterocycles. The molecule has 0 radical (unpaired) electrons. The van der Waals surface area contributed by atoms with Crippen molar-refractivity contribution in [1.82, 2.24) is 15.1 Å². The summed E-state index contributed by atoms with van der Waals surface area (Å²) in [4.78, 5) is 24.5. The molecular weight excluding hydrogens is 338 g/mol. The first kappa shape index (κ1) is 17.2. The van der Waals surface area contributed by atoms with E-state index in [1.807, 2.05) is 43.3 Å². The van der Waals surface area contributed by atoms with Crippen LogP contribution in [0.15, 0.2) is 54.7 Å². The number of carbonyl (C=O) groups is 2. The standard InChI is InChI=1S/C19H18ClN3O2/c1-13(14-5-3-2-4-6-14)22-18(24)9-10-19(25)23-17-11-16(20)8-7-15(17)12-21-23/h2-8,11-13H,9-10H2,1H3,(H,22,24)/t13-/m1/s1. The lowest BCUT2D eigenvalue weighted by molar-refractivity contribution is -0.121. The number of nitrogens with one attached hydrogen (secondary N) is 1. The van der Waals surface area contributed by atoms with Crippen LogP contribution in [0.4, 0.5) is 0 Å². The molecule has 0 unspecified atom stereocenters. The van der Waals surface area contributed by atoms with Gasteiger partial charge in [-0.15, -0.1) is 0 Å². The van der Waals surface area contributed by atoms with Crippen LogP contribution in [0.5, 0.6) is 0 Å². The predicted molar refractivity (Wildman–Crippen MR) is 97.6 cm³/mol. The minimum atomic E-state index is -0.236. The average Bonchev–Trinajstić information content (AvgIpc) is 3.03. The Morgan fingerprint density at radius 3 is 2.68 bits per heavy atom. The molecule has 3 aromatic rings. The van der Waals surface area contributed by atoms with Gasteiger partial charge in [0, 0.05) is 23.3 Å². The molecule has 25 heavy (non-hydrogen) atoms. The summed E-state index contributed by atoms with van der Waals surface area (Å²) in [7, 11) is 0. The number of hydrogen-bond acceptors (Lipinski definition) is 3. The Morgan fingerprint density at radius 2 is 1.92 bits per heavy atom. The zero-order chi connectivity index (χ0) is 17.8. The van der Waals surface area contributed by atoms with Gasteiger partial charge in [0.2, 0.25) is 11.8 Å². The number of benzene rings is 2. The molecule has 0 aliphatic carbocycles. The van der Waals surface area contributed by atoms with Crippen LogP contribution in [0.25, 0.3) is 10.9 Å². The molecule has 1 atom stereocenters. The Kier molecular flexibility index (Phi) is 5.14. The second kappa shape index (κ2) is 7.49. The molecule has 0 aliphatic heterocycles. The molecule has 5 nitrogen and oxygen atoms in total. The topological polar surface area (TPSA) is 64.0 Å². The molecule has 1 heterocycles. The number of carbonyl (C=O) groups excluding carboxylic acids is 2. The summed E-state index contributed by atoms with van der Waals surface area (Å²) in [6, 6.07) is 14.8. The summed E-state index contributed by atoms with van der Waals surface area (Å²) in [6.45, 7) is 1.91. The van der Waals surface area contributed by atoms with Crippen molar-refractivity contribution in [3.05, 3.63) is 65.3 Å². The molecule has 0 bridgehead atoms. The van der Waals surface area contributed by atoms with Gasteiger partial charge < -0.3 is 5.32 Å². The summed E-state index contributed by atoms with van der Waals surface area (Å²) >= 11 is 5.98. The Hall–Kier alpha value is -2.66. The molecule has 1 aromatic heterocycles. The van der Waals surface area contributed by atoms with Crippen LogP contribution in [0, 0.1) is 0 Å². The largest absolute Gasteiger partial charge is 0.350 e. The molecule has 128 valence electrons. The summed E-state index contributed by atoms with van der Waals surface area (Å²) < 4.78 is 1.30. The van der Waals surface area contributed by atoms with E-state index in [1.54, 1.807) is 18.3 Å². The maximum absolute atomic E-state index is 12.4. The van der Waals surface area contributed by atoms with Crippen molar-refractivity contribution in [1.29, 1.82) is 0 Å². The van der Waals surface area contributed by atoms with E-state index in [4.69, 9.17) is 11.6 Å². The van der Waals surface area contributed by atoms with Crippen molar-refractivity contribution in [3.8, 4) is 0 Å². The Morgan fingerprint density at radius 1 is 1.16 bits per heavy atom. The van der Waals surface area contributed by atoms with Gasteiger partial charge in [-0.1, -0.05) is 41.9 Å². The number of rotatable bonds is 5. The van der Waals surface area contributed by atoms with Crippen LogP contribution in [-0.4, -0.2) is 21.6 Å². The minimum Gasteiger partial charge on any atom is -0.350 e. The lowest BCUT2D eigenvalue weighted by atomic mass is 10.1. The molecular formula is C19H18ClN3O2. The van der Waals surface area contributed by atoms with Crippen LogP contribution in [-0.2, 0) is 4.79 Å². The van der Waals surface area contributed by atoms with E-state index in [1.165, 1.54) is 4.68 Å². The average molecular weight is 356 g/mol. The highest BCUT2D eigenvalue weighted by atomic mass is 35.5. The second-order valence-corrected chi connectivity index (χ2v) is 6.29. The third-order valence-corrected chi connectivity index (χ3v) is 4.25. The van der Waals surface area contributed by atoms with E-state index < -0.39 is 0 Å². The quantitative estimate of drug-likeness (QED) is 0.752. The van der Waals surface area contributed by atoms with Crippen molar-refractivity contribution in [2.75, 3.05) is 0 Å². The molecule has 1 amide bonds. The number of fused-ring (bicyclic) bond motifs is 1. The highest BCUT2D eigenvalue weighted by Gasteiger charge is 2.14. The van der Waals surface area contributed by atoms with Crippen LogP contribution in [0.3, 0.4) is 0 Å². The number of aromatic nitrogens is 2. The fourth-order valence-electron chi connectivity index (χ4n) is 2.66. The lowest BCUT2D eigenvalue weighted by Gasteiger charge is -2.14. The van der Waals surface area contributed by atoms with Gasteiger partial charge in [-0.25, -0.2) is 4.68 Å². The number of hydrogen-bond donors (Lipinski definition) is 1. The van der Waals surface area contributed by atoms with Crippen LogP contribution >= 0.6 is 11.6 Å². The molecule has 0 fully saturated rings. The fraction of sp³-hybridized carbons (Fsp3) is 0.211. The van der Waals surface area contributed by atoms with Gasteiger partial charge in [-0.2, -0.15) is 5.10 Å². The third kappa shape index (κ3) is 4.06. The van der Waals surface area contributed by atoms with Gasteiger partial charge in [0.05, 0.1) is 17.8 Å². The fourth-order valence-corrected chi connectivity index (χ4v) is 2.82. The van der Waals surface area contributed by atoms with E-state index in [0.717, 1.165) is 10.9 Å². The lowest BCUT2D eigenvalue weighted by Crippen LogP contribution is -2.27. The zero-order valence-corrected chi connectivity index (χ0v) is 14.5. The number of nitrogens with zero attached hydrogens (tertiary/aromatic N) is 2. The predicted octanol–water partition coefficient (Wildman–Crippen LogP) is 3.99. The van der Waals surface area contributed by atoms with Gasteiger partial charge in [0.15, 0.2) is 0 Å². The summed E-state index contributed by atoms with van der Waals surface area (Å²) in [5.74, 6) is -0.404. The third-order valence-electron chi connectivity index (χ3n) is 4.01. The van der Waals surface area contributed by atoms with Gasteiger partial charge in [0.1, 0.15) is 0 Å². The maximum atomic E-state index is 12.4. The Balaban J connectivity index is 1.60. The maximum Gasteiger partial charge on any atom is 0.247 e. The Labute approximate surface area is 150 Å². The molecule has 2 aromatic carbocycles. The molecule has 0 saturated carbocycles. The van der Waals surface area contributed by atoms with Gasteiger partial charge in [-0.3, -0.25) is 9.59 Å². The van der Waals surface area contributed by atoms with E-state index in [2.05, 4.69) is 10.4 Å². The molecule has 6 heteroatoms. The van der Waals surface area contributed by atoms with Crippen molar-refractivity contribution in [3.63, 3.8) is 0 Å². The van der Waals surface area contributed by atoms with Crippen molar-refractivity contribution in [2.24, 2.45) is 0 Å². The molecule has 0 spiro atoms. The SMILES string of the molecule is C[C@@H](NC(=O)CCC(=O)n1ncc2ccc(Cl)cc21)c1ccccc1. The first-order valence-electron chi connectivity index (χ1n) is 8.05. The van der Waals surface area contributed by atoms with E-state index in [0.29, 0.717) is 10.5 Å². The highest BCUT2D eigenvalue weighted by Crippen LogP contribution is 2.19. The molecule has 3 rings (SSSR count). The first-order chi connectivity index (χ1) is 12.0. The van der Waals surface area contributed by atoms with Crippen molar-refractivity contribution in [2.45, 2.75) is 25.8 Å². The monoisotopic (exact) mass is 355 g/mol. The smallest absolute Gasteiger partial charge is 0.247 e. The van der Waals surface area contributed by atoms with Gasteiger partial charge in [0.25, 0.3) is 0 Å². The van der Waals surface area contributed by atoms with Crippen molar-refractivity contribution >= 4 is 34.3 Å². The van der Waals surface area contributed by atoms with Gasteiger partial charge in [-0.05, 0) is 30.7 Å². The van der Waals surface area contributed by atoms with Crippen LogP contribution in [0.1, 0.15) is 36.2 Å². The molecule has 0 aliphatic rings. The summed E-state index contributed by atoms with van der Waals surface area (Å²) in [5, 5.41) is 8.37. The van der Waals surface area contributed by atoms with Crippen LogP contribution in [0.2, 0.25) is 5.02 Å². The number of halogens is 1. The van der Waals surface area contributed by atoms with E-state index in [-0.39, 0.29) is 30.7 Å². The van der Waals surface area contributed by atoms with E-state index >= 15 is 0 Å². The Bertz CT molecular complexity index is 905. The second-order valence-electron chi connectivity index (χ2n) is 5.85. The number of amides is 1. The van der Waals surface area contributed by atoms with Crippen molar-refractivity contribution < 1.29 is 9.59 Å². The minimum absolute atomic E-state index is 0.0800. The molecule has 1 N–H and O–H groups in total. The van der Waals surface area contributed by atoms with Crippen LogP contribution < -0.4 is 5.32 Å². The normalized spacial score (nSPS) is 12.1. The van der Waals surface area contributed by atoms with Gasteiger partial charge >= 0.3 is 0 Å². The summed E-state index contributed by atoms with van der Waals surface area (Å²) in [5.41, 5.74) is 1.67.